The van der Waals surface area contributed by atoms with Gasteiger partial charge in [0.15, 0.2) is 0 Å². The zero-order valence-corrected chi connectivity index (χ0v) is 14.5. The number of carbonyl (C=O) groups is 1. The third kappa shape index (κ3) is 4.39. The number of rotatable bonds is 7. The second kappa shape index (κ2) is 8.67. The van der Waals surface area contributed by atoms with Gasteiger partial charge >= 0.3 is 0 Å². The highest BCUT2D eigenvalue weighted by Gasteiger charge is 2.17. The summed E-state index contributed by atoms with van der Waals surface area (Å²) < 4.78 is 5.46. The minimum Gasteiger partial charge on any atom is -0.490 e. The topological polar surface area (TPSA) is 38.3 Å². The molecule has 3 rings (SSSR count). The molecule has 0 aliphatic heterocycles. The average Bonchev–Trinajstić information content (AvgIpc) is 2.72. The lowest BCUT2D eigenvalue weighted by molar-refractivity contribution is 0.0943. The summed E-state index contributed by atoms with van der Waals surface area (Å²) in [4.78, 5) is 12.8. The molecule has 1 N–H and O–H groups in total. The third-order valence-electron chi connectivity index (χ3n) is 4.03. The molecule has 1 amide bonds. The van der Waals surface area contributed by atoms with Crippen LogP contribution in [0.3, 0.4) is 0 Å². The van der Waals surface area contributed by atoms with Gasteiger partial charge in [-0.25, -0.2) is 0 Å². The number of hydrogen-bond acceptors (Lipinski definition) is 2. The van der Waals surface area contributed by atoms with Crippen molar-refractivity contribution in [3.63, 3.8) is 0 Å². The minimum absolute atomic E-state index is 0.127. The number of ether oxygens (including phenoxy) is 1. The van der Waals surface area contributed by atoms with E-state index in [-0.39, 0.29) is 11.9 Å². The van der Waals surface area contributed by atoms with Crippen molar-refractivity contribution in [1.29, 1.82) is 0 Å². The summed E-state index contributed by atoms with van der Waals surface area (Å²) in [6.45, 7) is 4.06. The van der Waals surface area contributed by atoms with Crippen molar-refractivity contribution in [1.82, 2.24) is 5.32 Å². The van der Waals surface area contributed by atoms with Gasteiger partial charge in [-0.1, -0.05) is 73.3 Å². The van der Waals surface area contributed by atoms with Gasteiger partial charge in [0.1, 0.15) is 12.4 Å². The highest BCUT2D eigenvalue weighted by molar-refractivity contribution is 5.94. The van der Waals surface area contributed by atoms with Crippen molar-refractivity contribution in [2.45, 2.75) is 6.04 Å². The second-order valence-corrected chi connectivity index (χ2v) is 5.85. The van der Waals surface area contributed by atoms with Crippen LogP contribution in [0.2, 0.25) is 0 Å². The molecule has 0 spiro atoms. The summed E-state index contributed by atoms with van der Waals surface area (Å²) in [5.74, 6) is 0.585. The highest BCUT2D eigenvalue weighted by atomic mass is 16.5. The second-order valence-electron chi connectivity index (χ2n) is 5.85. The smallest absolute Gasteiger partial charge is 0.252 e. The van der Waals surface area contributed by atoms with Crippen LogP contribution in [0.15, 0.2) is 97.6 Å². The molecule has 0 radical (unpaired) electrons. The Bertz CT molecular complexity index is 803. The van der Waals surface area contributed by atoms with Crippen molar-refractivity contribution in [3.05, 3.63) is 114 Å². The summed E-state index contributed by atoms with van der Waals surface area (Å²) >= 11 is 0. The van der Waals surface area contributed by atoms with Crippen LogP contribution >= 0.6 is 0 Å². The molecule has 0 fully saturated rings. The van der Waals surface area contributed by atoms with Crippen LogP contribution in [0.25, 0.3) is 0 Å². The molecular weight excluding hydrogens is 322 g/mol. The van der Waals surface area contributed by atoms with Gasteiger partial charge in [0, 0.05) is 5.56 Å². The monoisotopic (exact) mass is 343 g/mol. The van der Waals surface area contributed by atoms with E-state index in [0.717, 1.165) is 11.1 Å². The first kappa shape index (κ1) is 17.5. The molecule has 0 aliphatic rings. The van der Waals surface area contributed by atoms with E-state index in [1.165, 1.54) is 0 Å². The first-order valence-electron chi connectivity index (χ1n) is 8.52. The molecule has 0 heterocycles. The van der Waals surface area contributed by atoms with E-state index >= 15 is 0 Å². The lowest BCUT2D eigenvalue weighted by Crippen LogP contribution is -2.29. The fourth-order valence-corrected chi connectivity index (χ4v) is 2.72. The van der Waals surface area contributed by atoms with Crippen LogP contribution in [0, 0.1) is 0 Å². The van der Waals surface area contributed by atoms with Crippen LogP contribution in [-0.2, 0) is 0 Å². The Morgan fingerprint density at radius 2 is 1.42 bits per heavy atom. The minimum atomic E-state index is -0.207. The molecule has 0 bridgehead atoms. The Morgan fingerprint density at radius 1 is 0.885 bits per heavy atom. The summed E-state index contributed by atoms with van der Waals surface area (Å²) in [7, 11) is 0. The predicted octanol–water partition coefficient (Wildman–Crippen LogP) is 4.77. The Hall–Kier alpha value is -3.33. The number of benzene rings is 3. The number of carbonyl (C=O) groups excluding carboxylic acids is 1. The van der Waals surface area contributed by atoms with Crippen LogP contribution in [-0.4, -0.2) is 12.5 Å². The molecule has 3 nitrogen and oxygen atoms in total. The van der Waals surface area contributed by atoms with E-state index in [1.54, 1.807) is 30.3 Å². The van der Waals surface area contributed by atoms with Gasteiger partial charge in [0.25, 0.3) is 5.91 Å². The number of hydrogen-bond donors (Lipinski definition) is 1. The van der Waals surface area contributed by atoms with Gasteiger partial charge in [0.05, 0.1) is 6.04 Å². The lowest BCUT2D eigenvalue weighted by atomic mass is 9.98. The zero-order chi connectivity index (χ0) is 18.2. The molecular formula is C23H21NO2. The first-order chi connectivity index (χ1) is 12.8. The SMILES string of the molecule is C=CCOc1ccc(C(=O)NC(c2ccccc2)c2ccccc2)cc1. The van der Waals surface area contributed by atoms with Crippen LogP contribution in [0.1, 0.15) is 27.5 Å². The molecule has 0 atom stereocenters. The van der Waals surface area contributed by atoms with Crippen LogP contribution in [0.5, 0.6) is 5.75 Å². The zero-order valence-electron chi connectivity index (χ0n) is 14.5. The maximum Gasteiger partial charge on any atom is 0.252 e. The van der Waals surface area contributed by atoms with Crippen molar-refractivity contribution in [2.24, 2.45) is 0 Å². The summed E-state index contributed by atoms with van der Waals surface area (Å²) in [5, 5.41) is 3.13. The fourth-order valence-electron chi connectivity index (χ4n) is 2.72. The predicted molar refractivity (Wildman–Crippen MR) is 104 cm³/mol. The quantitative estimate of drug-likeness (QED) is 0.628. The van der Waals surface area contributed by atoms with Gasteiger partial charge < -0.3 is 10.1 Å². The first-order valence-corrected chi connectivity index (χ1v) is 8.52. The Balaban J connectivity index is 1.80. The maximum atomic E-state index is 12.8. The summed E-state index contributed by atoms with van der Waals surface area (Å²) in [6.07, 6.45) is 1.69. The van der Waals surface area contributed by atoms with E-state index in [0.29, 0.717) is 17.9 Å². The van der Waals surface area contributed by atoms with Crippen molar-refractivity contribution < 1.29 is 9.53 Å². The van der Waals surface area contributed by atoms with Gasteiger partial charge in [0.2, 0.25) is 0 Å². The van der Waals surface area contributed by atoms with E-state index in [1.807, 2.05) is 60.7 Å². The normalized spacial score (nSPS) is 10.3. The molecule has 0 saturated carbocycles. The largest absolute Gasteiger partial charge is 0.490 e. The van der Waals surface area contributed by atoms with E-state index < -0.39 is 0 Å². The molecule has 3 aromatic carbocycles. The van der Waals surface area contributed by atoms with Crippen molar-refractivity contribution >= 4 is 5.91 Å². The molecule has 26 heavy (non-hydrogen) atoms. The molecule has 3 aromatic rings. The molecule has 130 valence electrons. The van der Waals surface area contributed by atoms with E-state index in [4.69, 9.17) is 4.74 Å². The Kier molecular flexibility index (Phi) is 5.84. The van der Waals surface area contributed by atoms with Gasteiger partial charge in [-0.3, -0.25) is 4.79 Å². The Labute approximate surface area is 154 Å². The van der Waals surface area contributed by atoms with E-state index in [9.17, 15) is 4.79 Å². The Morgan fingerprint density at radius 3 is 1.92 bits per heavy atom. The third-order valence-corrected chi connectivity index (χ3v) is 4.03. The summed E-state index contributed by atoms with van der Waals surface area (Å²) in [6, 6.07) is 26.8. The standard InChI is InChI=1S/C23H21NO2/c1-2-17-26-21-15-13-20(14-16-21)23(25)24-22(18-9-5-3-6-10-18)19-11-7-4-8-12-19/h2-16,22H,1,17H2,(H,24,25). The van der Waals surface area contributed by atoms with E-state index in [2.05, 4.69) is 11.9 Å². The molecule has 3 heteroatoms. The van der Waals surface area contributed by atoms with Gasteiger partial charge in [-0.15, -0.1) is 0 Å². The number of amides is 1. The van der Waals surface area contributed by atoms with Gasteiger partial charge in [-0.2, -0.15) is 0 Å². The van der Waals surface area contributed by atoms with Crippen molar-refractivity contribution in [2.75, 3.05) is 6.61 Å². The molecule has 0 saturated heterocycles. The van der Waals surface area contributed by atoms with Crippen molar-refractivity contribution in [3.8, 4) is 5.75 Å². The average molecular weight is 343 g/mol. The molecule has 0 unspecified atom stereocenters. The number of nitrogens with one attached hydrogen (secondary N) is 1. The van der Waals surface area contributed by atoms with Gasteiger partial charge in [-0.05, 0) is 35.4 Å². The summed E-state index contributed by atoms with van der Waals surface area (Å²) in [5.41, 5.74) is 2.67. The van der Waals surface area contributed by atoms with Crippen LogP contribution in [0.4, 0.5) is 0 Å². The fraction of sp³-hybridized carbons (Fsp3) is 0.0870. The molecule has 0 aromatic heterocycles. The molecule has 0 aliphatic carbocycles. The highest BCUT2D eigenvalue weighted by Crippen LogP contribution is 2.22. The van der Waals surface area contributed by atoms with Crippen LogP contribution < -0.4 is 10.1 Å². The maximum absolute atomic E-state index is 12.8. The lowest BCUT2D eigenvalue weighted by Gasteiger charge is -2.20.